The van der Waals surface area contributed by atoms with E-state index in [0.29, 0.717) is 27.3 Å². The topological polar surface area (TPSA) is 59.9 Å². The first-order valence-electron chi connectivity index (χ1n) is 7.51. The molecule has 2 aromatic carbocycles. The van der Waals surface area contributed by atoms with Gasteiger partial charge >= 0.3 is 0 Å². The van der Waals surface area contributed by atoms with Crippen LogP contribution in [0.15, 0.2) is 47.6 Å². The number of methoxy groups -OCH3 is 1. The highest BCUT2D eigenvalue weighted by molar-refractivity contribution is 6.42. The van der Waals surface area contributed by atoms with Gasteiger partial charge in [-0.25, -0.2) is 5.43 Å². The summed E-state index contributed by atoms with van der Waals surface area (Å²) in [6, 6.07) is 12.2. The summed E-state index contributed by atoms with van der Waals surface area (Å²) in [7, 11) is 1.54. The second-order valence-electron chi connectivity index (χ2n) is 5.21. The maximum Gasteiger partial charge on any atom is 0.280 e. The fourth-order valence-electron chi connectivity index (χ4n) is 1.98. The van der Waals surface area contributed by atoms with Crippen LogP contribution in [0.4, 0.5) is 0 Å². The number of carbonyl (C=O) groups is 1. The van der Waals surface area contributed by atoms with E-state index in [1.165, 1.54) is 7.11 Å². The van der Waals surface area contributed by atoms with Crippen LogP contribution in [0.25, 0.3) is 0 Å². The van der Waals surface area contributed by atoms with Gasteiger partial charge in [0.25, 0.3) is 5.91 Å². The molecule has 25 heavy (non-hydrogen) atoms. The lowest BCUT2D eigenvalue weighted by atomic mass is 10.1. The highest BCUT2D eigenvalue weighted by Gasteiger charge is 2.16. The molecule has 1 unspecified atom stereocenters. The maximum atomic E-state index is 12.2. The van der Waals surface area contributed by atoms with E-state index < -0.39 is 6.10 Å². The number of para-hydroxylation sites is 2. The number of benzene rings is 2. The molecule has 0 heterocycles. The highest BCUT2D eigenvalue weighted by Crippen LogP contribution is 2.26. The molecular formula is C18H18Cl2N2O3. The number of halogens is 2. The first kappa shape index (κ1) is 19.1. The third kappa shape index (κ3) is 5.11. The molecule has 0 saturated heterocycles. The predicted octanol–water partition coefficient (Wildman–Crippen LogP) is 4.31. The Labute approximate surface area is 156 Å². The van der Waals surface area contributed by atoms with Gasteiger partial charge in [-0.2, -0.15) is 5.10 Å². The van der Waals surface area contributed by atoms with Crippen molar-refractivity contribution in [1.82, 2.24) is 5.43 Å². The van der Waals surface area contributed by atoms with Gasteiger partial charge in [0.2, 0.25) is 0 Å². The Hall–Kier alpha value is -2.24. The molecule has 7 heteroatoms. The van der Waals surface area contributed by atoms with Crippen LogP contribution in [0.5, 0.6) is 11.5 Å². The van der Waals surface area contributed by atoms with Gasteiger partial charge in [-0.15, -0.1) is 0 Å². The van der Waals surface area contributed by atoms with Crippen molar-refractivity contribution in [1.29, 1.82) is 0 Å². The Morgan fingerprint density at radius 2 is 1.80 bits per heavy atom. The minimum atomic E-state index is -0.748. The summed E-state index contributed by atoms with van der Waals surface area (Å²) in [6.45, 7) is 3.39. The van der Waals surface area contributed by atoms with E-state index in [1.807, 2.05) is 6.07 Å². The highest BCUT2D eigenvalue weighted by atomic mass is 35.5. The summed E-state index contributed by atoms with van der Waals surface area (Å²) in [4.78, 5) is 12.2. The molecule has 1 N–H and O–H groups in total. The fraction of sp³-hybridized carbons (Fsp3) is 0.222. The number of nitrogens with one attached hydrogen (secondary N) is 1. The van der Waals surface area contributed by atoms with Gasteiger partial charge in [0.1, 0.15) is 0 Å². The quantitative estimate of drug-likeness (QED) is 0.599. The van der Waals surface area contributed by atoms with Gasteiger partial charge in [0, 0.05) is 0 Å². The second kappa shape index (κ2) is 8.74. The van der Waals surface area contributed by atoms with E-state index >= 15 is 0 Å². The third-order valence-electron chi connectivity index (χ3n) is 3.41. The molecule has 0 saturated carbocycles. The van der Waals surface area contributed by atoms with Crippen molar-refractivity contribution in [2.45, 2.75) is 20.0 Å². The molecule has 1 atom stereocenters. The molecule has 0 aliphatic carbocycles. The number of ether oxygens (including phenoxy) is 2. The summed E-state index contributed by atoms with van der Waals surface area (Å²) < 4.78 is 10.8. The number of hydrogen-bond donors (Lipinski definition) is 1. The Bertz CT molecular complexity index is 794. The van der Waals surface area contributed by atoms with Crippen molar-refractivity contribution < 1.29 is 14.3 Å². The van der Waals surface area contributed by atoms with Crippen LogP contribution in [0, 0.1) is 0 Å². The SMILES string of the molecule is COc1ccccc1OC(C)C(=O)N/N=C(\C)c1ccc(Cl)c(Cl)c1. The monoisotopic (exact) mass is 380 g/mol. The Kier molecular flexibility index (Phi) is 6.67. The Morgan fingerprint density at radius 1 is 1.12 bits per heavy atom. The normalized spacial score (nSPS) is 12.4. The van der Waals surface area contributed by atoms with Crippen LogP contribution in [0.2, 0.25) is 10.0 Å². The molecule has 0 bridgehead atoms. The molecule has 2 rings (SSSR count). The van der Waals surface area contributed by atoms with Crippen molar-refractivity contribution in [3.8, 4) is 11.5 Å². The first-order chi connectivity index (χ1) is 11.9. The van der Waals surface area contributed by atoms with Crippen molar-refractivity contribution >= 4 is 34.8 Å². The number of hydrazone groups is 1. The van der Waals surface area contributed by atoms with E-state index in [1.54, 1.807) is 50.2 Å². The number of rotatable bonds is 6. The van der Waals surface area contributed by atoms with Gasteiger partial charge in [-0.05, 0) is 43.7 Å². The first-order valence-corrected chi connectivity index (χ1v) is 8.27. The van der Waals surface area contributed by atoms with Gasteiger partial charge < -0.3 is 9.47 Å². The zero-order valence-electron chi connectivity index (χ0n) is 14.0. The molecule has 2 aromatic rings. The molecule has 5 nitrogen and oxygen atoms in total. The van der Waals surface area contributed by atoms with Crippen LogP contribution < -0.4 is 14.9 Å². The summed E-state index contributed by atoms with van der Waals surface area (Å²) in [5.41, 5.74) is 3.83. The second-order valence-corrected chi connectivity index (χ2v) is 6.03. The number of carbonyl (C=O) groups excluding carboxylic acids is 1. The van der Waals surface area contributed by atoms with E-state index in [9.17, 15) is 4.79 Å². The van der Waals surface area contributed by atoms with Crippen molar-refractivity contribution in [3.63, 3.8) is 0 Å². The number of nitrogens with zero attached hydrogens (tertiary/aromatic N) is 1. The average molecular weight is 381 g/mol. The minimum Gasteiger partial charge on any atom is -0.493 e. The number of amides is 1. The van der Waals surface area contributed by atoms with Crippen molar-refractivity contribution in [2.75, 3.05) is 7.11 Å². The summed E-state index contributed by atoms with van der Waals surface area (Å²) in [6.07, 6.45) is -0.748. The van der Waals surface area contributed by atoms with Crippen LogP contribution in [0.3, 0.4) is 0 Å². The average Bonchev–Trinajstić information content (AvgIpc) is 2.62. The van der Waals surface area contributed by atoms with Gasteiger partial charge in [0.15, 0.2) is 17.6 Å². The summed E-state index contributed by atoms with van der Waals surface area (Å²) in [5.74, 6) is 0.654. The van der Waals surface area contributed by atoms with Gasteiger partial charge in [-0.3, -0.25) is 4.79 Å². The number of hydrogen-bond acceptors (Lipinski definition) is 4. The molecule has 0 spiro atoms. The van der Waals surface area contributed by atoms with E-state index in [4.69, 9.17) is 32.7 Å². The standard InChI is InChI=1S/C18H18Cl2N2O3/c1-11(13-8-9-14(19)15(20)10-13)21-22-18(23)12(2)25-17-7-5-4-6-16(17)24-3/h4-10,12H,1-3H3,(H,22,23)/b21-11+. The molecular weight excluding hydrogens is 363 g/mol. The fourth-order valence-corrected chi connectivity index (χ4v) is 2.27. The van der Waals surface area contributed by atoms with Gasteiger partial charge in [0.05, 0.1) is 22.9 Å². The van der Waals surface area contributed by atoms with Crippen LogP contribution in [-0.2, 0) is 4.79 Å². The molecule has 0 radical (unpaired) electrons. The third-order valence-corrected chi connectivity index (χ3v) is 4.15. The van der Waals surface area contributed by atoms with Crippen LogP contribution in [-0.4, -0.2) is 24.8 Å². The van der Waals surface area contributed by atoms with E-state index in [2.05, 4.69) is 10.5 Å². The predicted molar refractivity (Wildman–Crippen MR) is 99.9 cm³/mol. The molecule has 1 amide bonds. The molecule has 0 aliphatic heterocycles. The molecule has 0 aromatic heterocycles. The van der Waals surface area contributed by atoms with E-state index in [-0.39, 0.29) is 5.91 Å². The maximum absolute atomic E-state index is 12.2. The molecule has 0 aliphatic rings. The Morgan fingerprint density at radius 3 is 2.44 bits per heavy atom. The zero-order valence-corrected chi connectivity index (χ0v) is 15.6. The molecule has 0 fully saturated rings. The lowest BCUT2D eigenvalue weighted by Gasteiger charge is -2.15. The zero-order chi connectivity index (χ0) is 18.4. The smallest absolute Gasteiger partial charge is 0.280 e. The van der Waals surface area contributed by atoms with Crippen molar-refractivity contribution in [2.24, 2.45) is 5.10 Å². The lowest BCUT2D eigenvalue weighted by Crippen LogP contribution is -2.34. The Balaban J connectivity index is 2.01. The van der Waals surface area contributed by atoms with Crippen LogP contribution >= 0.6 is 23.2 Å². The lowest BCUT2D eigenvalue weighted by molar-refractivity contribution is -0.127. The minimum absolute atomic E-state index is 0.384. The van der Waals surface area contributed by atoms with Crippen molar-refractivity contribution in [3.05, 3.63) is 58.1 Å². The largest absolute Gasteiger partial charge is 0.493 e. The van der Waals surface area contributed by atoms with E-state index in [0.717, 1.165) is 5.56 Å². The van der Waals surface area contributed by atoms with Gasteiger partial charge in [-0.1, -0.05) is 41.4 Å². The van der Waals surface area contributed by atoms with Crippen LogP contribution in [0.1, 0.15) is 19.4 Å². The summed E-state index contributed by atoms with van der Waals surface area (Å²) in [5, 5.41) is 4.96. The summed E-state index contributed by atoms with van der Waals surface area (Å²) >= 11 is 11.9. The molecule has 132 valence electrons.